The Hall–Kier alpha value is -2.82. The van der Waals surface area contributed by atoms with Gasteiger partial charge in [0.2, 0.25) is 10.0 Å². The molecule has 0 atom stereocenters. The summed E-state index contributed by atoms with van der Waals surface area (Å²) >= 11 is 0. The summed E-state index contributed by atoms with van der Waals surface area (Å²) in [6, 6.07) is 11.1. The molecule has 1 N–H and O–H groups in total. The molecule has 0 bridgehead atoms. The van der Waals surface area contributed by atoms with E-state index in [4.69, 9.17) is 15.9 Å². The number of hydrogen-bond acceptors (Lipinski definition) is 5. The Bertz CT molecular complexity index is 945. The van der Waals surface area contributed by atoms with Gasteiger partial charge in [-0.05, 0) is 37.3 Å². The molecule has 0 unspecified atom stereocenters. The van der Waals surface area contributed by atoms with Crippen LogP contribution in [0.25, 0.3) is 0 Å². The number of methoxy groups -OCH3 is 1. The van der Waals surface area contributed by atoms with Crippen LogP contribution in [-0.4, -0.2) is 28.0 Å². The van der Waals surface area contributed by atoms with Crippen LogP contribution in [0.4, 0.5) is 0 Å². The Morgan fingerprint density at radius 1 is 1.23 bits per heavy atom. The zero-order chi connectivity index (χ0) is 19.2. The average molecular weight is 373 g/mol. The molecule has 0 spiro atoms. The molecule has 0 fully saturated rings. The maximum atomic E-state index is 12.3. The SMILES string of the molecule is C#CCNS(=O)(=O)c1cccc(C(=O)OCc2cc(C)ccc2OC)c1. The molecule has 0 aromatic heterocycles. The second kappa shape index (κ2) is 8.52. The van der Waals surface area contributed by atoms with Gasteiger partial charge in [0.25, 0.3) is 0 Å². The maximum absolute atomic E-state index is 12.3. The molecule has 6 nitrogen and oxygen atoms in total. The maximum Gasteiger partial charge on any atom is 0.338 e. The predicted molar refractivity (Wildman–Crippen MR) is 97.3 cm³/mol. The van der Waals surface area contributed by atoms with E-state index in [0.717, 1.165) is 11.1 Å². The molecule has 0 aliphatic heterocycles. The van der Waals surface area contributed by atoms with E-state index in [2.05, 4.69) is 10.6 Å². The van der Waals surface area contributed by atoms with Gasteiger partial charge in [0.15, 0.2) is 0 Å². The fraction of sp³-hybridized carbons (Fsp3) is 0.211. The molecule has 2 aromatic carbocycles. The van der Waals surface area contributed by atoms with Gasteiger partial charge in [-0.25, -0.2) is 13.2 Å². The molecule has 0 saturated heterocycles. The molecule has 0 radical (unpaired) electrons. The highest BCUT2D eigenvalue weighted by Gasteiger charge is 2.16. The van der Waals surface area contributed by atoms with E-state index in [0.29, 0.717) is 5.75 Å². The van der Waals surface area contributed by atoms with Gasteiger partial charge in [0, 0.05) is 5.56 Å². The van der Waals surface area contributed by atoms with Gasteiger partial charge in [0.05, 0.1) is 24.1 Å². The van der Waals surface area contributed by atoms with Gasteiger partial charge in [-0.3, -0.25) is 0 Å². The molecule has 26 heavy (non-hydrogen) atoms. The van der Waals surface area contributed by atoms with E-state index in [-0.39, 0.29) is 23.6 Å². The van der Waals surface area contributed by atoms with Gasteiger partial charge in [0.1, 0.15) is 12.4 Å². The lowest BCUT2D eigenvalue weighted by molar-refractivity contribution is 0.0470. The highest BCUT2D eigenvalue weighted by molar-refractivity contribution is 7.89. The van der Waals surface area contributed by atoms with Crippen LogP contribution < -0.4 is 9.46 Å². The molecule has 2 rings (SSSR count). The van der Waals surface area contributed by atoms with Gasteiger partial charge in [-0.15, -0.1) is 6.42 Å². The van der Waals surface area contributed by atoms with E-state index >= 15 is 0 Å². The van der Waals surface area contributed by atoms with E-state index in [1.54, 1.807) is 6.07 Å². The van der Waals surface area contributed by atoms with E-state index in [9.17, 15) is 13.2 Å². The van der Waals surface area contributed by atoms with Crippen molar-refractivity contribution in [3.63, 3.8) is 0 Å². The highest BCUT2D eigenvalue weighted by atomic mass is 32.2. The third-order valence-electron chi connectivity index (χ3n) is 3.54. The number of benzene rings is 2. The van der Waals surface area contributed by atoms with Crippen molar-refractivity contribution in [2.75, 3.05) is 13.7 Å². The van der Waals surface area contributed by atoms with Crippen LogP contribution in [0.3, 0.4) is 0 Å². The number of nitrogens with one attached hydrogen (secondary N) is 1. The van der Waals surface area contributed by atoms with Crippen molar-refractivity contribution in [1.29, 1.82) is 0 Å². The van der Waals surface area contributed by atoms with Crippen LogP contribution in [0.1, 0.15) is 21.5 Å². The summed E-state index contributed by atoms with van der Waals surface area (Å²) in [5.74, 6) is 2.16. The quantitative estimate of drug-likeness (QED) is 0.595. The van der Waals surface area contributed by atoms with Crippen molar-refractivity contribution >= 4 is 16.0 Å². The largest absolute Gasteiger partial charge is 0.496 e. The summed E-state index contributed by atoms with van der Waals surface area (Å²) < 4.78 is 37.0. The van der Waals surface area contributed by atoms with E-state index in [1.807, 2.05) is 19.1 Å². The van der Waals surface area contributed by atoms with Crippen LogP contribution in [0.2, 0.25) is 0 Å². The minimum Gasteiger partial charge on any atom is -0.496 e. The smallest absolute Gasteiger partial charge is 0.338 e. The Morgan fingerprint density at radius 3 is 2.69 bits per heavy atom. The van der Waals surface area contributed by atoms with E-state index in [1.165, 1.54) is 31.4 Å². The molecule has 0 amide bonds. The second-order valence-electron chi connectivity index (χ2n) is 5.45. The van der Waals surface area contributed by atoms with Gasteiger partial charge >= 0.3 is 5.97 Å². The molecule has 136 valence electrons. The van der Waals surface area contributed by atoms with Gasteiger partial charge in [-0.2, -0.15) is 4.72 Å². The topological polar surface area (TPSA) is 81.7 Å². The molecule has 0 saturated carbocycles. The summed E-state index contributed by atoms with van der Waals surface area (Å²) in [5, 5.41) is 0. The number of carbonyl (C=O) groups is 1. The number of carbonyl (C=O) groups excluding carboxylic acids is 1. The van der Waals surface area contributed by atoms with E-state index < -0.39 is 16.0 Å². The van der Waals surface area contributed by atoms with Crippen molar-refractivity contribution in [2.45, 2.75) is 18.4 Å². The molecule has 7 heteroatoms. The van der Waals surface area contributed by atoms with Crippen molar-refractivity contribution in [2.24, 2.45) is 0 Å². The molecule has 0 aliphatic rings. The average Bonchev–Trinajstić information content (AvgIpc) is 2.64. The summed E-state index contributed by atoms with van der Waals surface area (Å²) in [6.45, 7) is 1.79. The van der Waals surface area contributed by atoms with Crippen molar-refractivity contribution in [3.05, 3.63) is 59.2 Å². The van der Waals surface area contributed by atoms with Crippen LogP contribution >= 0.6 is 0 Å². The van der Waals surface area contributed by atoms with Gasteiger partial charge < -0.3 is 9.47 Å². The Labute approximate surface area is 153 Å². The summed E-state index contributed by atoms with van der Waals surface area (Å²) in [5.41, 5.74) is 1.85. The number of rotatable bonds is 7. The third-order valence-corrected chi connectivity index (χ3v) is 4.94. The Balaban J connectivity index is 2.15. The highest BCUT2D eigenvalue weighted by Crippen LogP contribution is 2.21. The minimum atomic E-state index is -3.78. The minimum absolute atomic E-state index is 0.00993. The number of esters is 1. The molecular formula is C19H19NO5S. The van der Waals surface area contributed by atoms with Gasteiger partial charge in [-0.1, -0.05) is 23.6 Å². The van der Waals surface area contributed by atoms with Crippen molar-refractivity contribution < 1.29 is 22.7 Å². The first-order chi connectivity index (χ1) is 12.4. The first-order valence-corrected chi connectivity index (χ1v) is 9.19. The number of ether oxygens (including phenoxy) is 2. The number of terminal acetylenes is 1. The Kier molecular flexibility index (Phi) is 6.39. The lowest BCUT2D eigenvalue weighted by atomic mass is 10.1. The zero-order valence-corrected chi connectivity index (χ0v) is 15.3. The van der Waals surface area contributed by atoms with Crippen molar-refractivity contribution in [1.82, 2.24) is 4.72 Å². The molecule has 2 aromatic rings. The van der Waals surface area contributed by atoms with Crippen LogP contribution in [0.15, 0.2) is 47.4 Å². The second-order valence-corrected chi connectivity index (χ2v) is 7.21. The lowest BCUT2D eigenvalue weighted by Crippen LogP contribution is -2.24. The summed E-state index contributed by atoms with van der Waals surface area (Å²) in [7, 11) is -2.25. The zero-order valence-electron chi connectivity index (χ0n) is 14.5. The normalized spacial score (nSPS) is 10.8. The summed E-state index contributed by atoms with van der Waals surface area (Å²) in [4.78, 5) is 12.2. The first-order valence-electron chi connectivity index (χ1n) is 7.71. The lowest BCUT2D eigenvalue weighted by Gasteiger charge is -2.11. The predicted octanol–water partition coefficient (Wildman–Crippen LogP) is 2.27. The monoisotopic (exact) mass is 373 g/mol. The fourth-order valence-electron chi connectivity index (χ4n) is 2.26. The van der Waals surface area contributed by atoms with Crippen LogP contribution in [0.5, 0.6) is 5.75 Å². The third kappa shape index (κ3) is 4.85. The standard InChI is InChI=1S/C19H19NO5S/c1-4-10-20-26(22,23)17-7-5-6-15(12-17)19(21)25-13-16-11-14(2)8-9-18(16)24-3/h1,5-9,11-12,20H,10,13H2,2-3H3. The number of hydrogen-bond donors (Lipinski definition) is 1. The molecular weight excluding hydrogens is 354 g/mol. The first kappa shape index (κ1) is 19.5. The molecule has 0 heterocycles. The van der Waals surface area contributed by atoms with Crippen molar-refractivity contribution in [3.8, 4) is 18.1 Å². The molecule has 0 aliphatic carbocycles. The van der Waals surface area contributed by atoms with Crippen LogP contribution in [0, 0.1) is 19.3 Å². The number of aryl methyl sites for hydroxylation is 1. The Morgan fingerprint density at radius 2 is 2.00 bits per heavy atom. The number of sulfonamides is 1. The summed E-state index contributed by atoms with van der Waals surface area (Å²) in [6.07, 6.45) is 5.06. The van der Waals surface area contributed by atoms with Crippen LogP contribution in [-0.2, 0) is 21.4 Å². The fourth-order valence-corrected chi connectivity index (χ4v) is 3.24.